The first-order chi connectivity index (χ1) is 15.1. The zero-order valence-electron chi connectivity index (χ0n) is 16.1. The summed E-state index contributed by atoms with van der Waals surface area (Å²) < 4.78 is 76.7. The first-order valence-electron chi connectivity index (χ1n) is 9.00. The summed E-state index contributed by atoms with van der Waals surface area (Å²) in [6.07, 6.45) is -7.36. The molecule has 6 nitrogen and oxygen atoms in total. The zero-order valence-corrected chi connectivity index (χ0v) is 16.1. The van der Waals surface area contributed by atoms with E-state index in [0.29, 0.717) is 5.56 Å². The van der Waals surface area contributed by atoms with Gasteiger partial charge in [-0.25, -0.2) is 18.2 Å². The van der Waals surface area contributed by atoms with Crippen LogP contribution in [0.25, 0.3) is 0 Å². The van der Waals surface area contributed by atoms with E-state index >= 15 is 0 Å². The number of nitrogens with one attached hydrogen (secondary N) is 3. The third-order valence-corrected chi connectivity index (χ3v) is 4.12. The second-order valence-electron chi connectivity index (χ2n) is 6.45. The van der Waals surface area contributed by atoms with E-state index in [1.807, 2.05) is 0 Å². The monoisotopic (exact) mass is 455 g/mol. The molecule has 0 aliphatic rings. The van der Waals surface area contributed by atoms with Gasteiger partial charge in [-0.1, -0.05) is 12.1 Å². The molecule has 2 aromatic carbocycles. The summed E-state index contributed by atoms with van der Waals surface area (Å²) >= 11 is 0. The Kier molecular flexibility index (Phi) is 6.81. The number of halogens is 6. The summed E-state index contributed by atoms with van der Waals surface area (Å²) in [6, 6.07) is 9.80. The predicted octanol–water partition coefficient (Wildman–Crippen LogP) is 4.90. The molecule has 12 heteroatoms. The molecule has 3 rings (SSSR count). The fraction of sp³-hybridized carbons (Fsp3) is 0.150. The van der Waals surface area contributed by atoms with E-state index in [-0.39, 0.29) is 23.9 Å². The number of H-pyrrole nitrogens is 1. The normalized spacial score (nSPS) is 12.2. The first kappa shape index (κ1) is 22.8. The van der Waals surface area contributed by atoms with Crippen molar-refractivity contribution in [3.8, 4) is 0 Å². The maximum atomic E-state index is 13.1. The third-order valence-electron chi connectivity index (χ3n) is 4.12. The number of hydrogen-bond donors (Lipinski definition) is 3. The van der Waals surface area contributed by atoms with Crippen molar-refractivity contribution >= 4 is 17.7 Å². The van der Waals surface area contributed by atoms with Crippen LogP contribution in [0.5, 0.6) is 0 Å². The molecule has 32 heavy (non-hydrogen) atoms. The van der Waals surface area contributed by atoms with E-state index < -0.39 is 35.6 Å². The van der Waals surface area contributed by atoms with Gasteiger partial charge in [-0.05, 0) is 42.0 Å². The average Bonchev–Trinajstić information content (AvgIpc) is 3.21. The molecule has 0 saturated heterocycles. The number of carbonyl (C=O) groups is 1. The summed E-state index contributed by atoms with van der Waals surface area (Å²) in [5.41, 5.74) is -0.915. The molecule has 0 atom stereocenters. The van der Waals surface area contributed by atoms with Crippen molar-refractivity contribution in [2.24, 2.45) is 4.99 Å². The molecule has 1 heterocycles. The van der Waals surface area contributed by atoms with Crippen LogP contribution in [0.1, 0.15) is 33.6 Å². The van der Waals surface area contributed by atoms with Crippen LogP contribution >= 0.6 is 0 Å². The number of guanidine groups is 1. The molecule has 0 bridgehead atoms. The minimum Gasteiger partial charge on any atom is -0.309 e. The van der Waals surface area contributed by atoms with E-state index in [4.69, 9.17) is 0 Å². The van der Waals surface area contributed by atoms with Crippen LogP contribution < -0.4 is 10.6 Å². The van der Waals surface area contributed by atoms with Crippen molar-refractivity contribution in [1.82, 2.24) is 15.5 Å². The molecule has 3 aromatic rings. The van der Waals surface area contributed by atoms with Gasteiger partial charge in [0, 0.05) is 11.6 Å². The van der Waals surface area contributed by atoms with Gasteiger partial charge in [0.25, 0.3) is 12.3 Å². The summed E-state index contributed by atoms with van der Waals surface area (Å²) in [5.74, 6) is -1.53. The summed E-state index contributed by atoms with van der Waals surface area (Å²) in [7, 11) is 0. The highest BCUT2D eigenvalue weighted by atomic mass is 19.4. The minimum atomic E-state index is -4.55. The summed E-state index contributed by atoms with van der Waals surface area (Å²) in [4.78, 5) is 16.6. The predicted molar refractivity (Wildman–Crippen MR) is 104 cm³/mol. The minimum absolute atomic E-state index is 0.0258. The van der Waals surface area contributed by atoms with Gasteiger partial charge in [-0.2, -0.15) is 18.3 Å². The number of aliphatic imine (C=N–C) groups is 1. The number of nitrogens with zero attached hydrogens (tertiary/aromatic N) is 2. The van der Waals surface area contributed by atoms with Gasteiger partial charge in [-0.15, -0.1) is 0 Å². The molecule has 168 valence electrons. The highest BCUT2D eigenvalue weighted by Gasteiger charge is 2.30. The molecule has 0 spiro atoms. The van der Waals surface area contributed by atoms with Gasteiger partial charge >= 0.3 is 6.18 Å². The van der Waals surface area contributed by atoms with Crippen LogP contribution in [-0.4, -0.2) is 22.1 Å². The SMILES string of the molecule is O=C(NC(=NCc1ccc(F)cc1)Nc1cc(C(F)F)[nH]n1)c1ccc(C(F)(F)F)cc1. The molecular formula is C20H15F6N5O. The lowest BCUT2D eigenvalue weighted by Crippen LogP contribution is -2.36. The Morgan fingerprint density at radius 1 is 1.06 bits per heavy atom. The zero-order chi connectivity index (χ0) is 23.3. The van der Waals surface area contributed by atoms with Crippen molar-refractivity contribution in [3.05, 3.63) is 82.8 Å². The molecule has 0 saturated carbocycles. The highest BCUT2D eigenvalue weighted by molar-refractivity contribution is 6.09. The quantitative estimate of drug-likeness (QED) is 0.291. The summed E-state index contributed by atoms with van der Waals surface area (Å²) in [6.45, 7) is -0.0258. The van der Waals surface area contributed by atoms with Crippen LogP contribution in [0.3, 0.4) is 0 Å². The standard InChI is InChI=1S/C20H15F6N5O/c21-14-7-1-11(2-8-14)10-27-19(28-16-9-15(17(22)23)30-31-16)29-18(32)12-3-5-13(6-4-12)20(24,25)26/h1-9,17H,10H2,(H3,27,28,29,30,31,32). The van der Waals surface area contributed by atoms with Gasteiger partial charge in [-0.3, -0.25) is 15.2 Å². The topological polar surface area (TPSA) is 82.2 Å². The molecule has 0 unspecified atom stereocenters. The number of rotatable bonds is 5. The van der Waals surface area contributed by atoms with Crippen LogP contribution in [0.15, 0.2) is 59.6 Å². The lowest BCUT2D eigenvalue weighted by Gasteiger charge is -2.11. The molecule has 1 amide bonds. The van der Waals surface area contributed by atoms with Crippen molar-refractivity contribution in [2.75, 3.05) is 5.32 Å². The second kappa shape index (κ2) is 9.54. The number of amides is 1. The maximum Gasteiger partial charge on any atom is 0.416 e. The Balaban J connectivity index is 1.79. The fourth-order valence-corrected chi connectivity index (χ4v) is 2.49. The Morgan fingerprint density at radius 3 is 2.28 bits per heavy atom. The number of hydrogen-bond acceptors (Lipinski definition) is 3. The van der Waals surface area contributed by atoms with Gasteiger partial charge in [0.2, 0.25) is 5.96 Å². The molecule has 0 aliphatic heterocycles. The van der Waals surface area contributed by atoms with Crippen molar-refractivity contribution in [1.29, 1.82) is 0 Å². The fourth-order valence-electron chi connectivity index (χ4n) is 2.49. The number of aromatic amines is 1. The van der Waals surface area contributed by atoms with E-state index in [2.05, 4.69) is 25.8 Å². The number of alkyl halides is 5. The number of carbonyl (C=O) groups excluding carboxylic acids is 1. The van der Waals surface area contributed by atoms with Crippen LogP contribution in [0.2, 0.25) is 0 Å². The van der Waals surface area contributed by atoms with Crippen LogP contribution in [-0.2, 0) is 12.7 Å². The van der Waals surface area contributed by atoms with E-state index in [9.17, 15) is 31.1 Å². The number of aromatic nitrogens is 2. The lowest BCUT2D eigenvalue weighted by molar-refractivity contribution is -0.137. The van der Waals surface area contributed by atoms with Crippen LogP contribution in [0.4, 0.5) is 32.2 Å². The molecule has 1 aromatic heterocycles. The smallest absolute Gasteiger partial charge is 0.309 e. The molecule has 0 radical (unpaired) electrons. The number of benzene rings is 2. The Labute approximate surface area is 177 Å². The van der Waals surface area contributed by atoms with Crippen LogP contribution in [0, 0.1) is 5.82 Å². The average molecular weight is 455 g/mol. The first-order valence-corrected chi connectivity index (χ1v) is 9.00. The van der Waals surface area contributed by atoms with Crippen molar-refractivity contribution in [3.63, 3.8) is 0 Å². The molecule has 0 fully saturated rings. The molecular weight excluding hydrogens is 440 g/mol. The number of anilines is 1. The Hall–Kier alpha value is -3.83. The highest BCUT2D eigenvalue weighted by Crippen LogP contribution is 2.29. The van der Waals surface area contributed by atoms with E-state index in [0.717, 1.165) is 30.3 Å². The molecule has 0 aliphatic carbocycles. The molecule has 3 N–H and O–H groups in total. The van der Waals surface area contributed by atoms with Gasteiger partial charge in [0.15, 0.2) is 5.82 Å². The van der Waals surface area contributed by atoms with Crippen molar-refractivity contribution < 1.29 is 31.1 Å². The van der Waals surface area contributed by atoms with Gasteiger partial charge in [0.05, 0.1) is 12.1 Å². The lowest BCUT2D eigenvalue weighted by atomic mass is 10.1. The second-order valence-corrected chi connectivity index (χ2v) is 6.45. The summed E-state index contributed by atoms with van der Waals surface area (Å²) in [5, 5.41) is 10.7. The van der Waals surface area contributed by atoms with Gasteiger partial charge < -0.3 is 5.32 Å². The van der Waals surface area contributed by atoms with Crippen molar-refractivity contribution in [2.45, 2.75) is 19.1 Å². The largest absolute Gasteiger partial charge is 0.416 e. The van der Waals surface area contributed by atoms with Gasteiger partial charge in [0.1, 0.15) is 11.5 Å². The van der Waals surface area contributed by atoms with E-state index in [1.165, 1.54) is 24.3 Å². The maximum absolute atomic E-state index is 13.1. The Bertz CT molecular complexity index is 1090. The third kappa shape index (κ3) is 6.09. The van der Waals surface area contributed by atoms with E-state index in [1.54, 1.807) is 0 Å². The Morgan fingerprint density at radius 2 is 1.72 bits per heavy atom.